The fraction of sp³-hybridized carbons (Fsp3) is 0.286. The Labute approximate surface area is 117 Å². The molecule has 0 unspecified atom stereocenters. The molecule has 0 radical (unpaired) electrons. The fourth-order valence-electron chi connectivity index (χ4n) is 2.07. The van der Waals surface area contributed by atoms with Crippen LogP contribution in [-0.4, -0.2) is 16.1 Å². The number of hydrogen-bond acceptors (Lipinski definition) is 3. The van der Waals surface area contributed by atoms with E-state index >= 15 is 0 Å². The molecule has 3 rings (SSSR count). The molecule has 21 heavy (non-hydrogen) atoms. The maximum atomic E-state index is 12.7. The number of carboxylic acids is 1. The number of oxazole rings is 1. The van der Waals surface area contributed by atoms with Gasteiger partial charge in [0.25, 0.3) is 0 Å². The third kappa shape index (κ3) is 2.63. The summed E-state index contributed by atoms with van der Waals surface area (Å²) in [5.74, 6) is -1.62. The Bertz CT molecular complexity index is 702. The van der Waals surface area contributed by atoms with Crippen molar-refractivity contribution in [1.29, 1.82) is 0 Å². The second-order valence-corrected chi connectivity index (χ2v) is 4.89. The summed E-state index contributed by atoms with van der Waals surface area (Å²) in [6.45, 7) is 0. The van der Waals surface area contributed by atoms with Gasteiger partial charge in [-0.2, -0.15) is 13.2 Å². The van der Waals surface area contributed by atoms with E-state index in [9.17, 15) is 18.0 Å². The second-order valence-electron chi connectivity index (χ2n) is 4.89. The molecule has 0 amide bonds. The van der Waals surface area contributed by atoms with E-state index in [2.05, 4.69) is 4.98 Å². The minimum absolute atomic E-state index is 0.0272. The first-order valence-corrected chi connectivity index (χ1v) is 6.28. The monoisotopic (exact) mass is 297 g/mol. The minimum atomic E-state index is -4.47. The SMILES string of the molecule is O=C(O)c1oc(-c2cccc(C(F)(F)F)c2)nc1C1CC1. The Hall–Kier alpha value is -2.31. The van der Waals surface area contributed by atoms with Crippen LogP contribution in [0.2, 0.25) is 0 Å². The predicted molar refractivity (Wildman–Crippen MR) is 65.9 cm³/mol. The molecule has 0 bridgehead atoms. The topological polar surface area (TPSA) is 63.3 Å². The molecule has 1 aliphatic carbocycles. The van der Waals surface area contributed by atoms with Gasteiger partial charge in [0, 0.05) is 11.5 Å². The largest absolute Gasteiger partial charge is 0.475 e. The molecule has 1 N–H and O–H groups in total. The molecule has 1 aromatic carbocycles. The van der Waals surface area contributed by atoms with Gasteiger partial charge in [-0.05, 0) is 31.0 Å². The lowest BCUT2D eigenvalue weighted by molar-refractivity contribution is -0.137. The molecule has 0 saturated heterocycles. The summed E-state index contributed by atoms with van der Waals surface area (Å²) >= 11 is 0. The van der Waals surface area contributed by atoms with E-state index in [0.29, 0.717) is 5.69 Å². The summed E-state index contributed by atoms with van der Waals surface area (Å²) in [5.41, 5.74) is -0.405. The Morgan fingerprint density at radius 1 is 1.33 bits per heavy atom. The highest BCUT2D eigenvalue weighted by atomic mass is 19.4. The molecule has 1 saturated carbocycles. The summed E-state index contributed by atoms with van der Waals surface area (Å²) < 4.78 is 43.2. The van der Waals surface area contributed by atoms with E-state index in [4.69, 9.17) is 9.52 Å². The van der Waals surface area contributed by atoms with Crippen LogP contribution in [0.25, 0.3) is 11.5 Å². The maximum Gasteiger partial charge on any atom is 0.416 e. The van der Waals surface area contributed by atoms with Gasteiger partial charge >= 0.3 is 12.1 Å². The molecule has 0 aliphatic heterocycles. The number of hydrogen-bond donors (Lipinski definition) is 1. The number of halogens is 3. The van der Waals surface area contributed by atoms with E-state index in [1.54, 1.807) is 0 Å². The Balaban J connectivity index is 2.04. The van der Waals surface area contributed by atoms with Crippen molar-refractivity contribution in [2.75, 3.05) is 0 Å². The number of benzene rings is 1. The van der Waals surface area contributed by atoms with Gasteiger partial charge in [-0.3, -0.25) is 0 Å². The lowest BCUT2D eigenvalue weighted by atomic mass is 10.1. The zero-order valence-corrected chi connectivity index (χ0v) is 10.6. The third-order valence-corrected chi connectivity index (χ3v) is 3.25. The smallest absolute Gasteiger partial charge is 0.416 e. The van der Waals surface area contributed by atoms with Crippen LogP contribution in [0, 0.1) is 0 Å². The Morgan fingerprint density at radius 2 is 2.05 bits per heavy atom. The molecule has 1 fully saturated rings. The van der Waals surface area contributed by atoms with E-state index in [0.717, 1.165) is 25.0 Å². The van der Waals surface area contributed by atoms with Crippen molar-refractivity contribution in [2.24, 2.45) is 0 Å². The third-order valence-electron chi connectivity index (χ3n) is 3.25. The van der Waals surface area contributed by atoms with Gasteiger partial charge in [-0.1, -0.05) is 6.07 Å². The first-order valence-electron chi connectivity index (χ1n) is 6.28. The van der Waals surface area contributed by atoms with Crippen molar-refractivity contribution in [2.45, 2.75) is 24.9 Å². The summed E-state index contributed by atoms with van der Waals surface area (Å²) in [6, 6.07) is 4.48. The van der Waals surface area contributed by atoms with Crippen LogP contribution < -0.4 is 0 Å². The van der Waals surface area contributed by atoms with E-state index < -0.39 is 17.7 Å². The average molecular weight is 297 g/mol. The standard InChI is InChI=1S/C14H10F3NO3/c15-14(16,17)9-3-1-2-8(6-9)12-18-10(7-4-5-7)11(21-12)13(19)20/h1-3,6-7H,4-5H2,(H,19,20). The molecular weight excluding hydrogens is 287 g/mol. The van der Waals surface area contributed by atoms with E-state index in [1.165, 1.54) is 12.1 Å². The molecule has 0 spiro atoms. The van der Waals surface area contributed by atoms with Crippen molar-refractivity contribution in [3.63, 3.8) is 0 Å². The maximum absolute atomic E-state index is 12.7. The fourth-order valence-corrected chi connectivity index (χ4v) is 2.07. The molecule has 2 aromatic rings. The van der Waals surface area contributed by atoms with Crippen LogP contribution in [0.1, 0.15) is 40.6 Å². The van der Waals surface area contributed by atoms with Gasteiger partial charge in [0.1, 0.15) is 0 Å². The number of aromatic nitrogens is 1. The Kier molecular flexibility index (Phi) is 3.00. The summed E-state index contributed by atoms with van der Waals surface area (Å²) in [6.07, 6.45) is -2.85. The number of carbonyl (C=O) groups is 1. The average Bonchev–Trinajstić information content (AvgIpc) is 3.16. The first-order chi connectivity index (χ1) is 9.86. The van der Waals surface area contributed by atoms with Gasteiger partial charge in [0.15, 0.2) is 0 Å². The van der Waals surface area contributed by atoms with Gasteiger partial charge in [-0.25, -0.2) is 9.78 Å². The van der Waals surface area contributed by atoms with E-state index in [-0.39, 0.29) is 23.1 Å². The summed E-state index contributed by atoms with van der Waals surface area (Å²) in [5, 5.41) is 9.07. The Morgan fingerprint density at radius 3 is 2.62 bits per heavy atom. The normalized spacial score (nSPS) is 15.2. The lowest BCUT2D eigenvalue weighted by Crippen LogP contribution is -2.04. The predicted octanol–water partition coefficient (Wildman–Crippen LogP) is 3.94. The van der Waals surface area contributed by atoms with Crippen molar-refractivity contribution < 1.29 is 27.5 Å². The number of nitrogens with zero attached hydrogens (tertiary/aromatic N) is 1. The van der Waals surface area contributed by atoms with Gasteiger partial charge in [0.05, 0.1) is 11.3 Å². The lowest BCUT2D eigenvalue weighted by Gasteiger charge is -2.06. The van der Waals surface area contributed by atoms with Crippen LogP contribution >= 0.6 is 0 Å². The molecule has 1 aliphatic rings. The highest BCUT2D eigenvalue weighted by Crippen LogP contribution is 2.42. The number of carboxylic acid groups (broad SMARTS) is 1. The van der Waals surface area contributed by atoms with Gasteiger partial charge < -0.3 is 9.52 Å². The molecule has 7 heteroatoms. The zero-order valence-electron chi connectivity index (χ0n) is 10.6. The highest BCUT2D eigenvalue weighted by Gasteiger charge is 2.34. The first kappa shape index (κ1) is 13.7. The highest BCUT2D eigenvalue weighted by molar-refractivity contribution is 5.86. The van der Waals surface area contributed by atoms with Crippen LogP contribution in [0.5, 0.6) is 0 Å². The van der Waals surface area contributed by atoms with Crippen molar-refractivity contribution >= 4 is 5.97 Å². The summed E-state index contributed by atoms with van der Waals surface area (Å²) in [4.78, 5) is 15.2. The quantitative estimate of drug-likeness (QED) is 0.932. The van der Waals surface area contributed by atoms with Crippen molar-refractivity contribution in [3.05, 3.63) is 41.3 Å². The van der Waals surface area contributed by atoms with Gasteiger partial charge in [0.2, 0.25) is 11.7 Å². The number of aromatic carboxylic acids is 1. The number of rotatable bonds is 3. The van der Waals surface area contributed by atoms with Crippen molar-refractivity contribution in [1.82, 2.24) is 4.98 Å². The molecule has 110 valence electrons. The van der Waals surface area contributed by atoms with Crippen LogP contribution in [-0.2, 0) is 6.18 Å². The minimum Gasteiger partial charge on any atom is -0.475 e. The molecule has 0 atom stereocenters. The molecule has 1 aromatic heterocycles. The molecular formula is C14H10F3NO3. The van der Waals surface area contributed by atoms with Gasteiger partial charge in [-0.15, -0.1) is 0 Å². The van der Waals surface area contributed by atoms with Crippen LogP contribution in [0.15, 0.2) is 28.7 Å². The van der Waals surface area contributed by atoms with E-state index in [1.807, 2.05) is 0 Å². The number of alkyl halides is 3. The second kappa shape index (κ2) is 4.61. The zero-order chi connectivity index (χ0) is 15.2. The van der Waals surface area contributed by atoms with Crippen LogP contribution in [0.3, 0.4) is 0 Å². The van der Waals surface area contributed by atoms with Crippen molar-refractivity contribution in [3.8, 4) is 11.5 Å². The summed E-state index contributed by atoms with van der Waals surface area (Å²) in [7, 11) is 0. The van der Waals surface area contributed by atoms with Crippen LogP contribution in [0.4, 0.5) is 13.2 Å². The molecule has 4 nitrogen and oxygen atoms in total. The molecule has 1 heterocycles.